The molecule has 0 spiro atoms. The third-order valence-electron chi connectivity index (χ3n) is 5.94. The van der Waals surface area contributed by atoms with Gasteiger partial charge in [-0.15, -0.1) is 0 Å². The molecule has 3 rings (SSSR count). The van der Waals surface area contributed by atoms with Gasteiger partial charge in [0.15, 0.2) is 0 Å². The smallest absolute Gasteiger partial charge is 0.0361 e. The zero-order chi connectivity index (χ0) is 17.4. The van der Waals surface area contributed by atoms with E-state index in [4.69, 9.17) is 0 Å². The van der Waals surface area contributed by atoms with E-state index in [1.165, 1.54) is 22.5 Å². The Morgan fingerprint density at radius 1 is 0.542 bits per heavy atom. The fourth-order valence-corrected chi connectivity index (χ4v) is 4.17. The second kappa shape index (κ2) is 6.51. The Labute approximate surface area is 147 Å². The van der Waals surface area contributed by atoms with Gasteiger partial charge in [-0.25, -0.2) is 0 Å². The lowest BCUT2D eigenvalue weighted by atomic mass is 9.54. The highest BCUT2D eigenvalue weighted by Gasteiger charge is 2.46. The van der Waals surface area contributed by atoms with Crippen LogP contribution >= 0.6 is 0 Å². The highest BCUT2D eigenvalue weighted by molar-refractivity contribution is 5.50. The highest BCUT2D eigenvalue weighted by atomic mass is 15.1. The zero-order valence-corrected chi connectivity index (χ0v) is 15.8. The van der Waals surface area contributed by atoms with Crippen LogP contribution in [-0.4, -0.2) is 28.2 Å². The van der Waals surface area contributed by atoms with E-state index < -0.39 is 0 Å². The van der Waals surface area contributed by atoms with E-state index in [1.807, 2.05) is 0 Å². The Morgan fingerprint density at radius 2 is 0.833 bits per heavy atom. The molecule has 24 heavy (non-hydrogen) atoms. The first-order valence-electron chi connectivity index (χ1n) is 8.94. The molecule has 4 atom stereocenters. The number of hydrogen-bond acceptors (Lipinski definition) is 2. The molecule has 0 heterocycles. The van der Waals surface area contributed by atoms with Crippen LogP contribution in [-0.2, 0) is 0 Å². The van der Waals surface area contributed by atoms with Gasteiger partial charge in [-0.3, -0.25) is 0 Å². The minimum Gasteiger partial charge on any atom is -0.378 e. The van der Waals surface area contributed by atoms with Gasteiger partial charge in [-0.1, -0.05) is 38.1 Å². The summed E-state index contributed by atoms with van der Waals surface area (Å²) in [5.41, 5.74) is 5.50. The van der Waals surface area contributed by atoms with E-state index in [9.17, 15) is 0 Å². The van der Waals surface area contributed by atoms with Gasteiger partial charge in [0.1, 0.15) is 0 Å². The lowest BCUT2D eigenvalue weighted by molar-refractivity contribution is 0.123. The van der Waals surface area contributed by atoms with Crippen LogP contribution in [0.3, 0.4) is 0 Å². The van der Waals surface area contributed by atoms with Crippen molar-refractivity contribution in [3.05, 3.63) is 59.7 Å². The highest BCUT2D eigenvalue weighted by Crippen LogP contribution is 2.57. The normalized spacial score (nSPS) is 25.9. The molecule has 0 saturated heterocycles. The first-order chi connectivity index (χ1) is 11.4. The van der Waals surface area contributed by atoms with E-state index in [2.05, 4.69) is 100 Å². The monoisotopic (exact) mass is 322 g/mol. The molecule has 4 unspecified atom stereocenters. The van der Waals surface area contributed by atoms with Gasteiger partial charge in [0.25, 0.3) is 0 Å². The van der Waals surface area contributed by atoms with Crippen LogP contribution in [0.4, 0.5) is 11.4 Å². The summed E-state index contributed by atoms with van der Waals surface area (Å²) in [6, 6.07) is 18.3. The fourth-order valence-electron chi connectivity index (χ4n) is 4.17. The van der Waals surface area contributed by atoms with Crippen molar-refractivity contribution < 1.29 is 0 Å². The predicted octanol–water partition coefficient (Wildman–Crippen LogP) is 4.97. The number of benzene rings is 2. The summed E-state index contributed by atoms with van der Waals surface area (Å²) >= 11 is 0. The summed E-state index contributed by atoms with van der Waals surface area (Å²) < 4.78 is 0. The van der Waals surface area contributed by atoms with Gasteiger partial charge in [0.2, 0.25) is 0 Å². The molecule has 2 aromatic rings. The van der Waals surface area contributed by atoms with Crippen LogP contribution in [0.15, 0.2) is 48.5 Å². The predicted molar refractivity (Wildman–Crippen MR) is 105 cm³/mol. The van der Waals surface area contributed by atoms with Crippen LogP contribution in [0, 0.1) is 11.8 Å². The summed E-state index contributed by atoms with van der Waals surface area (Å²) in [5.74, 6) is 2.71. The summed E-state index contributed by atoms with van der Waals surface area (Å²) in [7, 11) is 8.38. The number of nitrogens with zero attached hydrogens (tertiary/aromatic N) is 2. The molecule has 2 nitrogen and oxygen atoms in total. The average Bonchev–Trinajstić information content (AvgIpc) is 2.59. The minimum absolute atomic E-state index is 0.626. The van der Waals surface area contributed by atoms with Crippen molar-refractivity contribution in [1.82, 2.24) is 0 Å². The number of rotatable bonds is 4. The van der Waals surface area contributed by atoms with Gasteiger partial charge in [0, 0.05) is 39.6 Å². The van der Waals surface area contributed by atoms with Gasteiger partial charge in [-0.05, 0) is 59.1 Å². The molecule has 0 amide bonds. The van der Waals surface area contributed by atoms with Crippen molar-refractivity contribution in [2.24, 2.45) is 11.8 Å². The van der Waals surface area contributed by atoms with Gasteiger partial charge in [0.05, 0.1) is 0 Å². The van der Waals surface area contributed by atoms with Crippen molar-refractivity contribution in [1.29, 1.82) is 0 Å². The average molecular weight is 322 g/mol. The van der Waals surface area contributed by atoms with Gasteiger partial charge >= 0.3 is 0 Å². The molecule has 1 aliphatic rings. The largest absolute Gasteiger partial charge is 0.378 e. The Kier molecular flexibility index (Phi) is 4.58. The van der Waals surface area contributed by atoms with E-state index >= 15 is 0 Å². The van der Waals surface area contributed by atoms with E-state index in [0.717, 1.165) is 11.8 Å². The number of anilines is 2. The molecule has 128 valence electrons. The minimum atomic E-state index is 0.626. The molecular weight excluding hydrogens is 292 g/mol. The lowest BCUT2D eigenvalue weighted by Crippen LogP contribution is -2.40. The van der Waals surface area contributed by atoms with Crippen LogP contribution < -0.4 is 9.80 Å². The van der Waals surface area contributed by atoms with Crippen molar-refractivity contribution in [2.45, 2.75) is 25.7 Å². The van der Waals surface area contributed by atoms with Gasteiger partial charge < -0.3 is 9.80 Å². The summed E-state index contributed by atoms with van der Waals surface area (Å²) in [5, 5.41) is 0. The SMILES string of the molecule is CC1C(C)C(c2ccc(N(C)C)cc2)C1c1ccc(N(C)C)cc1. The third kappa shape index (κ3) is 2.90. The molecule has 0 bridgehead atoms. The molecule has 0 radical (unpaired) electrons. The van der Waals surface area contributed by atoms with E-state index in [-0.39, 0.29) is 0 Å². The zero-order valence-electron chi connectivity index (χ0n) is 15.8. The first-order valence-corrected chi connectivity index (χ1v) is 8.94. The third-order valence-corrected chi connectivity index (χ3v) is 5.94. The summed E-state index contributed by atoms with van der Waals surface area (Å²) in [6.07, 6.45) is 0. The maximum Gasteiger partial charge on any atom is 0.0361 e. The van der Waals surface area contributed by atoms with Crippen LogP contribution in [0.2, 0.25) is 0 Å². The Hall–Kier alpha value is -1.96. The van der Waals surface area contributed by atoms with E-state index in [0.29, 0.717) is 11.8 Å². The van der Waals surface area contributed by atoms with Gasteiger partial charge in [-0.2, -0.15) is 0 Å². The Balaban J connectivity index is 1.86. The molecule has 2 heteroatoms. The standard InChI is InChI=1S/C22H30N2/c1-15-16(2)22(18-9-13-20(14-10-18)24(5)6)21(15)17-7-11-19(12-8-17)23(3)4/h7-16,21-22H,1-6H3. The summed E-state index contributed by atoms with van der Waals surface area (Å²) in [4.78, 5) is 4.32. The second-order valence-corrected chi connectivity index (χ2v) is 7.74. The maximum absolute atomic E-state index is 2.40. The molecular formula is C22H30N2. The summed E-state index contributed by atoms with van der Waals surface area (Å²) in [6.45, 7) is 4.81. The quantitative estimate of drug-likeness (QED) is 0.784. The molecule has 1 aliphatic carbocycles. The van der Waals surface area contributed by atoms with Crippen LogP contribution in [0.1, 0.15) is 36.8 Å². The Bertz CT molecular complexity index is 609. The number of hydrogen-bond donors (Lipinski definition) is 0. The van der Waals surface area contributed by atoms with Crippen molar-refractivity contribution in [3.63, 3.8) is 0 Å². The first kappa shape index (κ1) is 16.9. The molecule has 2 aromatic carbocycles. The van der Waals surface area contributed by atoms with Crippen molar-refractivity contribution in [3.8, 4) is 0 Å². The van der Waals surface area contributed by atoms with Crippen LogP contribution in [0.25, 0.3) is 0 Å². The molecule has 0 aromatic heterocycles. The van der Waals surface area contributed by atoms with Crippen LogP contribution in [0.5, 0.6) is 0 Å². The fraction of sp³-hybridized carbons (Fsp3) is 0.455. The lowest BCUT2D eigenvalue weighted by Gasteiger charge is -2.50. The molecule has 0 aliphatic heterocycles. The van der Waals surface area contributed by atoms with Crippen molar-refractivity contribution in [2.75, 3.05) is 38.0 Å². The van der Waals surface area contributed by atoms with Crippen molar-refractivity contribution >= 4 is 11.4 Å². The Morgan fingerprint density at radius 3 is 1.08 bits per heavy atom. The molecule has 1 saturated carbocycles. The maximum atomic E-state index is 2.40. The topological polar surface area (TPSA) is 6.48 Å². The second-order valence-electron chi connectivity index (χ2n) is 7.74. The molecule has 0 N–H and O–H groups in total. The van der Waals surface area contributed by atoms with E-state index in [1.54, 1.807) is 0 Å². The molecule has 1 fully saturated rings.